The topological polar surface area (TPSA) is 51.7 Å². The van der Waals surface area contributed by atoms with Gasteiger partial charge >= 0.3 is 0 Å². The number of unbranched alkanes of at least 4 members (excludes halogenated alkanes) is 1. The summed E-state index contributed by atoms with van der Waals surface area (Å²) in [5, 5.41) is 0.926. The Morgan fingerprint density at radius 2 is 2.07 bits per heavy atom. The Kier molecular flexibility index (Phi) is 7.30. The molecule has 2 heterocycles. The molecular weight excluding hydrogens is 479 g/mol. The molecule has 1 aliphatic heterocycles. The fourth-order valence-corrected chi connectivity index (χ4v) is 4.46. The predicted molar refractivity (Wildman–Crippen MR) is 119 cm³/mol. The van der Waals surface area contributed by atoms with Crippen LogP contribution in [0.15, 0.2) is 16.6 Å². The lowest BCUT2D eigenvalue weighted by Crippen LogP contribution is -2.37. The van der Waals surface area contributed by atoms with Crippen LogP contribution in [0, 0.1) is 6.92 Å². The molecule has 0 atom stereocenters. The van der Waals surface area contributed by atoms with Crippen molar-refractivity contribution >= 4 is 45.0 Å². The fourth-order valence-electron chi connectivity index (χ4n) is 3.35. The molecule has 0 aliphatic carbocycles. The molecule has 0 fully saturated rings. The average molecular weight is 502 g/mol. The van der Waals surface area contributed by atoms with E-state index >= 15 is 0 Å². The van der Waals surface area contributed by atoms with Gasteiger partial charge in [0.2, 0.25) is 5.88 Å². The van der Waals surface area contributed by atoms with Gasteiger partial charge in [0.25, 0.3) is 5.91 Å². The number of nitrogens with zero attached hydrogens (tertiary/aromatic N) is 2. The molecule has 156 valence electrons. The van der Waals surface area contributed by atoms with E-state index in [1.165, 1.54) is 0 Å². The SMILES string of the molecule is CCCCOc1nc(C)cc(OC)c1CN1CCc2c(Cl)cc(Br)c(Cl)c2C1=O. The number of methoxy groups -OCH3 is 1. The van der Waals surface area contributed by atoms with Gasteiger partial charge in [0, 0.05) is 27.8 Å². The quantitative estimate of drug-likeness (QED) is 0.353. The van der Waals surface area contributed by atoms with E-state index in [1.807, 2.05) is 13.0 Å². The molecule has 0 radical (unpaired) electrons. The van der Waals surface area contributed by atoms with Crippen LogP contribution in [0.5, 0.6) is 11.6 Å². The van der Waals surface area contributed by atoms with E-state index < -0.39 is 0 Å². The lowest BCUT2D eigenvalue weighted by molar-refractivity contribution is 0.0724. The zero-order chi connectivity index (χ0) is 21.1. The molecule has 0 saturated carbocycles. The Morgan fingerprint density at radius 1 is 1.31 bits per heavy atom. The highest BCUT2D eigenvalue weighted by Crippen LogP contribution is 2.38. The van der Waals surface area contributed by atoms with Crippen LogP contribution in [0.1, 0.15) is 46.9 Å². The second-order valence-electron chi connectivity index (χ2n) is 6.94. The third kappa shape index (κ3) is 4.65. The monoisotopic (exact) mass is 500 g/mol. The van der Waals surface area contributed by atoms with Crippen molar-refractivity contribution in [2.75, 3.05) is 20.3 Å². The molecule has 29 heavy (non-hydrogen) atoms. The van der Waals surface area contributed by atoms with E-state index in [2.05, 4.69) is 27.8 Å². The van der Waals surface area contributed by atoms with Gasteiger partial charge in [0.1, 0.15) is 5.75 Å². The van der Waals surface area contributed by atoms with Gasteiger partial charge in [-0.25, -0.2) is 4.98 Å². The number of benzene rings is 1. The number of aryl methyl sites for hydroxylation is 1. The fraction of sp³-hybridized carbons (Fsp3) is 0.429. The summed E-state index contributed by atoms with van der Waals surface area (Å²) >= 11 is 16.2. The van der Waals surface area contributed by atoms with E-state index in [0.29, 0.717) is 57.8 Å². The molecule has 1 amide bonds. The van der Waals surface area contributed by atoms with E-state index in [0.717, 1.165) is 29.7 Å². The number of rotatable bonds is 7. The van der Waals surface area contributed by atoms with Crippen molar-refractivity contribution in [3.63, 3.8) is 0 Å². The van der Waals surface area contributed by atoms with Gasteiger partial charge in [-0.1, -0.05) is 36.5 Å². The third-order valence-electron chi connectivity index (χ3n) is 4.88. The number of carbonyl (C=O) groups excluding carboxylic acids is 1. The number of fused-ring (bicyclic) bond motifs is 1. The second kappa shape index (κ2) is 9.54. The molecule has 0 N–H and O–H groups in total. The zero-order valence-electron chi connectivity index (χ0n) is 16.7. The predicted octanol–water partition coefficient (Wildman–Crippen LogP) is 5.85. The van der Waals surface area contributed by atoms with Crippen molar-refractivity contribution in [2.45, 2.75) is 39.7 Å². The maximum absolute atomic E-state index is 13.2. The van der Waals surface area contributed by atoms with Crippen LogP contribution in [-0.4, -0.2) is 36.1 Å². The molecule has 1 aliphatic rings. The van der Waals surface area contributed by atoms with Crippen LogP contribution in [0.2, 0.25) is 10.0 Å². The number of hydrogen-bond donors (Lipinski definition) is 0. The van der Waals surface area contributed by atoms with Gasteiger partial charge in [-0.3, -0.25) is 4.79 Å². The first-order valence-electron chi connectivity index (χ1n) is 9.50. The Hall–Kier alpha value is -1.50. The molecule has 2 aromatic rings. The molecule has 1 aromatic heterocycles. The molecule has 5 nitrogen and oxygen atoms in total. The third-order valence-corrected chi connectivity index (χ3v) is 6.47. The van der Waals surface area contributed by atoms with Gasteiger partial charge in [-0.2, -0.15) is 0 Å². The normalized spacial score (nSPS) is 13.4. The average Bonchev–Trinajstić information content (AvgIpc) is 2.69. The van der Waals surface area contributed by atoms with Gasteiger partial charge in [0.05, 0.1) is 36.4 Å². The first kappa shape index (κ1) is 22.2. The molecule has 0 unspecified atom stereocenters. The molecule has 0 spiro atoms. The molecule has 8 heteroatoms. The zero-order valence-corrected chi connectivity index (χ0v) is 19.7. The van der Waals surface area contributed by atoms with Crippen molar-refractivity contribution in [1.29, 1.82) is 0 Å². The summed E-state index contributed by atoms with van der Waals surface area (Å²) in [4.78, 5) is 19.5. The lowest BCUT2D eigenvalue weighted by Gasteiger charge is -2.31. The van der Waals surface area contributed by atoms with Gasteiger partial charge in [-0.15, -0.1) is 0 Å². The number of hydrogen-bond acceptors (Lipinski definition) is 4. The number of aromatic nitrogens is 1. The highest BCUT2D eigenvalue weighted by Gasteiger charge is 2.31. The smallest absolute Gasteiger partial charge is 0.256 e. The van der Waals surface area contributed by atoms with Crippen LogP contribution in [0.3, 0.4) is 0 Å². The molecule has 1 aromatic carbocycles. The minimum Gasteiger partial charge on any atom is -0.496 e. The maximum atomic E-state index is 13.2. The highest BCUT2D eigenvalue weighted by molar-refractivity contribution is 9.10. The van der Waals surface area contributed by atoms with Crippen molar-refractivity contribution in [3.05, 3.63) is 49.0 Å². The highest BCUT2D eigenvalue weighted by atomic mass is 79.9. The number of carbonyl (C=O) groups is 1. The second-order valence-corrected chi connectivity index (χ2v) is 8.58. The number of amides is 1. The van der Waals surface area contributed by atoms with Crippen LogP contribution in [0.25, 0.3) is 0 Å². The van der Waals surface area contributed by atoms with Crippen LogP contribution in [-0.2, 0) is 13.0 Å². The Balaban J connectivity index is 1.95. The summed E-state index contributed by atoms with van der Waals surface area (Å²) < 4.78 is 12.1. The first-order valence-corrected chi connectivity index (χ1v) is 11.0. The number of halogens is 3. The Labute approximate surface area is 189 Å². The standard InChI is InChI=1S/C21H23BrCl2N2O3/c1-4-5-8-29-20-14(17(28-3)9-12(2)25-20)11-26-7-6-13-16(23)10-15(22)19(24)18(13)21(26)27/h9-10H,4-8,11H2,1-3H3. The summed E-state index contributed by atoms with van der Waals surface area (Å²) in [7, 11) is 1.61. The minimum absolute atomic E-state index is 0.165. The van der Waals surface area contributed by atoms with Crippen molar-refractivity contribution in [1.82, 2.24) is 9.88 Å². The molecule has 3 rings (SSSR count). The van der Waals surface area contributed by atoms with Crippen molar-refractivity contribution in [2.24, 2.45) is 0 Å². The van der Waals surface area contributed by atoms with Crippen molar-refractivity contribution < 1.29 is 14.3 Å². The summed E-state index contributed by atoms with van der Waals surface area (Å²) in [5.74, 6) is 0.995. The molecule has 0 bridgehead atoms. The summed E-state index contributed by atoms with van der Waals surface area (Å²) in [6.07, 6.45) is 2.57. The number of ether oxygens (including phenoxy) is 2. The largest absolute Gasteiger partial charge is 0.496 e. The Bertz CT molecular complexity index is 937. The lowest BCUT2D eigenvalue weighted by atomic mass is 9.98. The van der Waals surface area contributed by atoms with E-state index in [9.17, 15) is 4.79 Å². The van der Waals surface area contributed by atoms with Crippen LogP contribution < -0.4 is 9.47 Å². The summed E-state index contributed by atoms with van der Waals surface area (Å²) in [5.41, 5.74) is 2.79. The minimum atomic E-state index is -0.165. The van der Waals surface area contributed by atoms with Gasteiger partial charge < -0.3 is 14.4 Å². The summed E-state index contributed by atoms with van der Waals surface area (Å²) in [6.45, 7) is 5.39. The van der Waals surface area contributed by atoms with E-state index in [4.69, 9.17) is 32.7 Å². The molecular formula is C21H23BrCl2N2O3. The first-order chi connectivity index (χ1) is 13.9. The van der Waals surface area contributed by atoms with Crippen LogP contribution in [0.4, 0.5) is 0 Å². The molecule has 0 saturated heterocycles. The maximum Gasteiger partial charge on any atom is 0.256 e. The Morgan fingerprint density at radius 3 is 2.76 bits per heavy atom. The summed E-state index contributed by atoms with van der Waals surface area (Å²) in [6, 6.07) is 3.59. The van der Waals surface area contributed by atoms with Crippen molar-refractivity contribution in [3.8, 4) is 11.6 Å². The van der Waals surface area contributed by atoms with Gasteiger partial charge in [-0.05, 0) is 47.3 Å². The van der Waals surface area contributed by atoms with E-state index in [-0.39, 0.29) is 5.91 Å². The number of pyridine rings is 1. The van der Waals surface area contributed by atoms with Crippen LogP contribution >= 0.6 is 39.1 Å². The van der Waals surface area contributed by atoms with E-state index in [1.54, 1.807) is 18.1 Å². The van der Waals surface area contributed by atoms with Gasteiger partial charge in [0.15, 0.2) is 0 Å².